The van der Waals surface area contributed by atoms with E-state index in [0.717, 1.165) is 38.2 Å². The number of carboxylic acids is 1. The van der Waals surface area contributed by atoms with Crippen molar-refractivity contribution in [1.82, 2.24) is 5.32 Å². The number of ether oxygens (including phenoxy) is 1. The average molecular weight is 231 g/mol. The van der Waals surface area contributed by atoms with Crippen LogP contribution in [0, 0.1) is 5.92 Å². The van der Waals surface area contributed by atoms with Crippen LogP contribution in [0.5, 0.6) is 0 Å². The van der Waals surface area contributed by atoms with Crippen LogP contribution in [0.25, 0.3) is 0 Å². The number of thioether (sulfide) groups is 1. The molecule has 0 saturated carbocycles. The highest BCUT2D eigenvalue weighted by molar-refractivity contribution is 7.99. The average Bonchev–Trinajstić information content (AvgIpc) is 2.30. The second-order valence-electron chi connectivity index (χ2n) is 4.11. The van der Waals surface area contributed by atoms with E-state index < -0.39 is 5.97 Å². The first-order valence-corrected chi connectivity index (χ1v) is 6.50. The summed E-state index contributed by atoms with van der Waals surface area (Å²) >= 11 is 1.84. The van der Waals surface area contributed by atoms with Gasteiger partial charge in [-0.15, -0.1) is 11.8 Å². The molecule has 0 aromatic carbocycles. The minimum Gasteiger partial charge on any atom is -0.480 e. The summed E-state index contributed by atoms with van der Waals surface area (Å²) in [5, 5.41) is 12.4. The summed E-state index contributed by atoms with van der Waals surface area (Å²) in [6, 6.07) is -0.363. The molecule has 5 heteroatoms. The van der Waals surface area contributed by atoms with Gasteiger partial charge in [0.05, 0.1) is 12.0 Å². The first-order chi connectivity index (χ1) is 7.27. The molecule has 0 spiro atoms. The SMILES string of the molecule is O=C(O)C1CCSC(C2CCCOC2)N1. The van der Waals surface area contributed by atoms with E-state index in [1.54, 1.807) is 0 Å². The first-order valence-electron chi connectivity index (χ1n) is 5.45. The van der Waals surface area contributed by atoms with Crippen molar-refractivity contribution in [2.45, 2.75) is 30.7 Å². The number of carboxylic acid groups (broad SMARTS) is 1. The van der Waals surface area contributed by atoms with Crippen LogP contribution in [0.3, 0.4) is 0 Å². The zero-order valence-corrected chi connectivity index (χ0v) is 9.46. The van der Waals surface area contributed by atoms with Gasteiger partial charge in [0.2, 0.25) is 0 Å². The van der Waals surface area contributed by atoms with E-state index in [-0.39, 0.29) is 11.4 Å². The summed E-state index contributed by atoms with van der Waals surface area (Å²) in [6.45, 7) is 1.63. The Morgan fingerprint density at radius 1 is 1.47 bits per heavy atom. The number of hydrogen-bond acceptors (Lipinski definition) is 4. The van der Waals surface area contributed by atoms with Crippen molar-refractivity contribution >= 4 is 17.7 Å². The van der Waals surface area contributed by atoms with Crippen molar-refractivity contribution in [3.05, 3.63) is 0 Å². The maximum atomic E-state index is 10.9. The molecule has 3 unspecified atom stereocenters. The lowest BCUT2D eigenvalue weighted by Crippen LogP contribution is -2.50. The molecule has 0 aromatic heterocycles. The fourth-order valence-electron chi connectivity index (χ4n) is 2.11. The van der Waals surface area contributed by atoms with Crippen molar-refractivity contribution < 1.29 is 14.6 Å². The molecule has 0 amide bonds. The lowest BCUT2D eigenvalue weighted by Gasteiger charge is -2.35. The van der Waals surface area contributed by atoms with Gasteiger partial charge in [0.15, 0.2) is 0 Å². The van der Waals surface area contributed by atoms with Gasteiger partial charge in [-0.2, -0.15) is 0 Å². The lowest BCUT2D eigenvalue weighted by molar-refractivity contribution is -0.139. The molecule has 2 aliphatic heterocycles. The van der Waals surface area contributed by atoms with E-state index in [9.17, 15) is 4.79 Å². The summed E-state index contributed by atoms with van der Waals surface area (Å²) in [6.07, 6.45) is 2.97. The first kappa shape index (κ1) is 11.2. The zero-order valence-electron chi connectivity index (χ0n) is 8.65. The summed E-state index contributed by atoms with van der Waals surface area (Å²) in [5.41, 5.74) is 0. The molecule has 0 radical (unpaired) electrons. The molecule has 15 heavy (non-hydrogen) atoms. The topological polar surface area (TPSA) is 58.6 Å². The Kier molecular flexibility index (Phi) is 3.88. The van der Waals surface area contributed by atoms with Gasteiger partial charge < -0.3 is 9.84 Å². The number of hydrogen-bond donors (Lipinski definition) is 2. The van der Waals surface area contributed by atoms with Crippen LogP contribution in [0.2, 0.25) is 0 Å². The fraction of sp³-hybridized carbons (Fsp3) is 0.900. The van der Waals surface area contributed by atoms with Crippen molar-refractivity contribution in [1.29, 1.82) is 0 Å². The maximum Gasteiger partial charge on any atom is 0.320 e. The van der Waals surface area contributed by atoms with Crippen LogP contribution in [-0.2, 0) is 9.53 Å². The zero-order chi connectivity index (χ0) is 10.7. The molecule has 2 rings (SSSR count). The van der Waals surface area contributed by atoms with Gasteiger partial charge in [-0.1, -0.05) is 0 Å². The normalized spacial score (nSPS) is 37.5. The van der Waals surface area contributed by atoms with Crippen LogP contribution >= 0.6 is 11.8 Å². The monoisotopic (exact) mass is 231 g/mol. The largest absolute Gasteiger partial charge is 0.480 e. The second-order valence-corrected chi connectivity index (χ2v) is 5.36. The highest BCUT2D eigenvalue weighted by atomic mass is 32.2. The summed E-state index contributed by atoms with van der Waals surface area (Å²) in [5.74, 6) is 0.688. The van der Waals surface area contributed by atoms with Gasteiger partial charge in [-0.05, 0) is 25.0 Å². The van der Waals surface area contributed by atoms with Crippen LogP contribution in [0.4, 0.5) is 0 Å². The molecule has 2 fully saturated rings. The van der Waals surface area contributed by atoms with Gasteiger partial charge in [-0.3, -0.25) is 10.1 Å². The van der Waals surface area contributed by atoms with E-state index >= 15 is 0 Å². The van der Waals surface area contributed by atoms with Crippen LogP contribution < -0.4 is 5.32 Å². The van der Waals surface area contributed by atoms with Gasteiger partial charge >= 0.3 is 5.97 Å². The second kappa shape index (κ2) is 5.18. The molecular weight excluding hydrogens is 214 g/mol. The Balaban J connectivity index is 1.88. The van der Waals surface area contributed by atoms with Crippen molar-refractivity contribution in [3.8, 4) is 0 Å². The van der Waals surface area contributed by atoms with Crippen LogP contribution in [-0.4, -0.2) is 41.5 Å². The number of aliphatic carboxylic acids is 1. The van der Waals surface area contributed by atoms with E-state index in [1.165, 1.54) is 0 Å². The maximum absolute atomic E-state index is 10.9. The highest BCUT2D eigenvalue weighted by Gasteiger charge is 2.32. The Hall–Kier alpha value is -0.260. The van der Waals surface area contributed by atoms with E-state index in [4.69, 9.17) is 9.84 Å². The molecule has 2 saturated heterocycles. The molecule has 2 heterocycles. The Morgan fingerprint density at radius 2 is 2.33 bits per heavy atom. The molecule has 2 N–H and O–H groups in total. The van der Waals surface area contributed by atoms with Crippen molar-refractivity contribution in [3.63, 3.8) is 0 Å². The predicted molar refractivity (Wildman–Crippen MR) is 59.0 cm³/mol. The summed E-state index contributed by atoms with van der Waals surface area (Å²) < 4.78 is 5.43. The Labute approximate surface area is 93.8 Å². The standard InChI is InChI=1S/C10H17NO3S/c12-10(13)8-3-5-15-9(11-8)7-2-1-4-14-6-7/h7-9,11H,1-6H2,(H,12,13). The molecule has 3 atom stereocenters. The van der Waals surface area contributed by atoms with E-state index in [0.29, 0.717) is 5.92 Å². The van der Waals surface area contributed by atoms with Crippen molar-refractivity contribution in [2.24, 2.45) is 5.92 Å². The van der Waals surface area contributed by atoms with Gasteiger partial charge in [0.1, 0.15) is 6.04 Å². The molecule has 0 aliphatic carbocycles. The third kappa shape index (κ3) is 2.86. The summed E-state index contributed by atoms with van der Waals surface area (Å²) in [4.78, 5) is 10.9. The van der Waals surface area contributed by atoms with Crippen LogP contribution in [0.1, 0.15) is 19.3 Å². The van der Waals surface area contributed by atoms with Crippen molar-refractivity contribution in [2.75, 3.05) is 19.0 Å². The number of rotatable bonds is 2. The third-order valence-electron chi connectivity index (χ3n) is 2.99. The summed E-state index contributed by atoms with van der Waals surface area (Å²) in [7, 11) is 0. The quantitative estimate of drug-likeness (QED) is 0.740. The molecular formula is C10H17NO3S. The van der Waals surface area contributed by atoms with Crippen LogP contribution in [0.15, 0.2) is 0 Å². The lowest BCUT2D eigenvalue weighted by atomic mass is 10.0. The molecule has 2 aliphatic rings. The smallest absolute Gasteiger partial charge is 0.320 e. The Morgan fingerprint density at radius 3 is 3.00 bits per heavy atom. The molecule has 86 valence electrons. The fourth-order valence-corrected chi connectivity index (χ4v) is 3.49. The van der Waals surface area contributed by atoms with E-state index in [2.05, 4.69) is 5.32 Å². The molecule has 0 aromatic rings. The predicted octanol–water partition coefficient (Wildman–Crippen LogP) is 0.919. The Bertz CT molecular complexity index is 231. The van der Waals surface area contributed by atoms with Gasteiger partial charge in [0, 0.05) is 12.5 Å². The minimum absolute atomic E-state index is 0.264. The van der Waals surface area contributed by atoms with Gasteiger partial charge in [-0.25, -0.2) is 0 Å². The minimum atomic E-state index is -0.725. The third-order valence-corrected chi connectivity index (χ3v) is 4.34. The highest BCUT2D eigenvalue weighted by Crippen LogP contribution is 2.29. The van der Waals surface area contributed by atoms with E-state index in [1.807, 2.05) is 11.8 Å². The molecule has 0 bridgehead atoms. The van der Waals surface area contributed by atoms with Gasteiger partial charge in [0.25, 0.3) is 0 Å². The molecule has 4 nitrogen and oxygen atoms in total. The number of carbonyl (C=O) groups is 1. The number of nitrogens with one attached hydrogen (secondary N) is 1.